The molecule has 1 aromatic carbocycles. The summed E-state index contributed by atoms with van der Waals surface area (Å²) in [6, 6.07) is 4.98. The molecule has 0 heterocycles. The Kier molecular flexibility index (Phi) is 3.71. The third-order valence-corrected chi connectivity index (χ3v) is 6.14. The van der Waals surface area contributed by atoms with Crippen LogP contribution in [0.2, 0.25) is 0 Å². The standard InChI is InChI=1S/C15H22N2O3S/c1-20-13-8-11(9-16)2-5-14(13)21(18,19)17-10-15(6-7-15)12-3-4-12/h2,5,8,12,17H,3-4,6-7,9-10,16H2,1H3. The van der Waals surface area contributed by atoms with E-state index in [9.17, 15) is 8.42 Å². The minimum absolute atomic E-state index is 0.189. The van der Waals surface area contributed by atoms with Crippen LogP contribution in [0.3, 0.4) is 0 Å². The van der Waals surface area contributed by atoms with Crippen LogP contribution in [-0.2, 0) is 16.6 Å². The minimum Gasteiger partial charge on any atom is -0.495 e. The third kappa shape index (κ3) is 2.93. The van der Waals surface area contributed by atoms with Crippen molar-refractivity contribution in [3.05, 3.63) is 23.8 Å². The number of nitrogens with one attached hydrogen (secondary N) is 1. The number of ether oxygens (including phenoxy) is 1. The number of nitrogens with two attached hydrogens (primary N) is 1. The fourth-order valence-electron chi connectivity index (χ4n) is 2.96. The number of hydrogen-bond acceptors (Lipinski definition) is 4. The van der Waals surface area contributed by atoms with E-state index in [0.29, 0.717) is 18.8 Å². The molecule has 2 aliphatic rings. The highest BCUT2D eigenvalue weighted by atomic mass is 32.2. The summed E-state index contributed by atoms with van der Waals surface area (Å²) in [6.07, 6.45) is 4.78. The van der Waals surface area contributed by atoms with Crippen LogP contribution in [0.25, 0.3) is 0 Å². The summed E-state index contributed by atoms with van der Waals surface area (Å²) in [5, 5.41) is 0. The van der Waals surface area contributed by atoms with Gasteiger partial charge in [-0.05, 0) is 54.7 Å². The Morgan fingerprint density at radius 1 is 1.38 bits per heavy atom. The van der Waals surface area contributed by atoms with Crippen molar-refractivity contribution < 1.29 is 13.2 Å². The van der Waals surface area contributed by atoms with Crippen LogP contribution in [0, 0.1) is 11.3 Å². The highest BCUT2D eigenvalue weighted by molar-refractivity contribution is 7.89. The second kappa shape index (κ2) is 5.26. The zero-order chi connectivity index (χ0) is 15.1. The van der Waals surface area contributed by atoms with Gasteiger partial charge in [0.25, 0.3) is 0 Å². The van der Waals surface area contributed by atoms with Gasteiger partial charge in [-0.2, -0.15) is 0 Å². The summed E-state index contributed by atoms with van der Waals surface area (Å²) in [5.74, 6) is 1.07. The lowest BCUT2D eigenvalue weighted by Crippen LogP contribution is -2.31. The molecule has 3 rings (SSSR count). The molecular formula is C15H22N2O3S. The topological polar surface area (TPSA) is 81.4 Å². The van der Waals surface area contributed by atoms with E-state index in [-0.39, 0.29) is 10.3 Å². The summed E-state index contributed by atoms with van der Waals surface area (Å²) in [4.78, 5) is 0.189. The number of sulfonamides is 1. The van der Waals surface area contributed by atoms with Crippen molar-refractivity contribution in [2.75, 3.05) is 13.7 Å². The minimum atomic E-state index is -3.54. The Balaban J connectivity index is 1.77. The van der Waals surface area contributed by atoms with E-state index in [0.717, 1.165) is 24.3 Å². The van der Waals surface area contributed by atoms with Gasteiger partial charge in [0.15, 0.2) is 0 Å². The maximum Gasteiger partial charge on any atom is 0.244 e. The molecule has 0 saturated heterocycles. The molecule has 2 aliphatic carbocycles. The highest BCUT2D eigenvalue weighted by Gasteiger charge is 2.53. The maximum absolute atomic E-state index is 12.5. The van der Waals surface area contributed by atoms with Gasteiger partial charge in [0, 0.05) is 13.1 Å². The lowest BCUT2D eigenvalue weighted by Gasteiger charge is -2.16. The Bertz CT molecular complexity index is 634. The molecule has 0 spiro atoms. The van der Waals surface area contributed by atoms with Crippen molar-refractivity contribution in [3.8, 4) is 5.75 Å². The van der Waals surface area contributed by atoms with Gasteiger partial charge in [-0.3, -0.25) is 0 Å². The fourth-order valence-corrected chi connectivity index (χ4v) is 4.25. The molecular weight excluding hydrogens is 288 g/mol. The van der Waals surface area contributed by atoms with Gasteiger partial charge < -0.3 is 10.5 Å². The van der Waals surface area contributed by atoms with Gasteiger partial charge in [-0.1, -0.05) is 6.07 Å². The largest absolute Gasteiger partial charge is 0.495 e. The van der Waals surface area contributed by atoms with Crippen molar-refractivity contribution in [3.63, 3.8) is 0 Å². The van der Waals surface area contributed by atoms with Crippen LogP contribution >= 0.6 is 0 Å². The van der Waals surface area contributed by atoms with E-state index in [1.54, 1.807) is 18.2 Å². The molecule has 0 aromatic heterocycles. The Labute approximate surface area is 125 Å². The first kappa shape index (κ1) is 14.8. The first-order chi connectivity index (χ1) is 10.0. The van der Waals surface area contributed by atoms with E-state index in [2.05, 4.69) is 4.72 Å². The molecule has 0 bridgehead atoms. The monoisotopic (exact) mass is 310 g/mol. The second-order valence-electron chi connectivity index (χ2n) is 6.15. The first-order valence-electron chi connectivity index (χ1n) is 7.37. The smallest absolute Gasteiger partial charge is 0.244 e. The van der Waals surface area contributed by atoms with E-state index in [1.165, 1.54) is 20.0 Å². The van der Waals surface area contributed by atoms with Gasteiger partial charge >= 0.3 is 0 Å². The molecule has 116 valence electrons. The molecule has 0 unspecified atom stereocenters. The maximum atomic E-state index is 12.5. The molecule has 5 nitrogen and oxygen atoms in total. The van der Waals surface area contributed by atoms with Gasteiger partial charge in [0.05, 0.1) is 7.11 Å². The quantitative estimate of drug-likeness (QED) is 0.802. The van der Waals surface area contributed by atoms with Crippen LogP contribution in [-0.4, -0.2) is 22.1 Å². The van der Waals surface area contributed by atoms with Gasteiger partial charge in [0.1, 0.15) is 10.6 Å². The van der Waals surface area contributed by atoms with Crippen LogP contribution in [0.1, 0.15) is 31.2 Å². The SMILES string of the molecule is COc1cc(CN)ccc1S(=O)(=O)NCC1(C2CC2)CC1. The van der Waals surface area contributed by atoms with Crippen LogP contribution in [0.4, 0.5) is 0 Å². The summed E-state index contributed by atoms with van der Waals surface area (Å²) < 4.78 is 33.0. The molecule has 0 radical (unpaired) electrons. The number of rotatable bonds is 7. The van der Waals surface area contributed by atoms with E-state index < -0.39 is 10.0 Å². The molecule has 0 atom stereocenters. The highest BCUT2D eigenvalue weighted by Crippen LogP contribution is 2.60. The first-order valence-corrected chi connectivity index (χ1v) is 8.86. The zero-order valence-corrected chi connectivity index (χ0v) is 13.1. The predicted molar refractivity (Wildman–Crippen MR) is 80.5 cm³/mol. The van der Waals surface area contributed by atoms with Gasteiger partial charge in [-0.25, -0.2) is 13.1 Å². The summed E-state index contributed by atoms with van der Waals surface area (Å²) >= 11 is 0. The van der Waals surface area contributed by atoms with Crippen LogP contribution in [0.15, 0.2) is 23.1 Å². The van der Waals surface area contributed by atoms with E-state index >= 15 is 0 Å². The lowest BCUT2D eigenvalue weighted by molar-refractivity contribution is 0.400. The molecule has 6 heteroatoms. The molecule has 2 saturated carbocycles. The summed E-state index contributed by atoms with van der Waals surface area (Å²) in [6.45, 7) is 0.900. The number of methoxy groups -OCH3 is 1. The number of hydrogen-bond donors (Lipinski definition) is 2. The summed E-state index contributed by atoms with van der Waals surface area (Å²) in [5.41, 5.74) is 6.66. The zero-order valence-electron chi connectivity index (χ0n) is 12.3. The molecule has 0 amide bonds. The number of benzene rings is 1. The van der Waals surface area contributed by atoms with E-state index in [4.69, 9.17) is 10.5 Å². The molecule has 2 fully saturated rings. The predicted octanol–water partition coefficient (Wildman–Crippen LogP) is 1.62. The third-order valence-electron chi connectivity index (χ3n) is 4.70. The van der Waals surface area contributed by atoms with Crippen molar-refractivity contribution in [1.29, 1.82) is 0 Å². The molecule has 0 aliphatic heterocycles. The van der Waals surface area contributed by atoms with Gasteiger partial charge in [-0.15, -0.1) is 0 Å². The van der Waals surface area contributed by atoms with E-state index in [1.807, 2.05) is 0 Å². The van der Waals surface area contributed by atoms with Crippen molar-refractivity contribution >= 4 is 10.0 Å². The fraction of sp³-hybridized carbons (Fsp3) is 0.600. The normalized spacial score (nSPS) is 20.3. The Morgan fingerprint density at radius 2 is 2.10 bits per heavy atom. The average molecular weight is 310 g/mol. The van der Waals surface area contributed by atoms with Crippen LogP contribution < -0.4 is 15.2 Å². The van der Waals surface area contributed by atoms with Crippen LogP contribution in [0.5, 0.6) is 5.75 Å². The van der Waals surface area contributed by atoms with Gasteiger partial charge in [0.2, 0.25) is 10.0 Å². The average Bonchev–Trinajstić information content (AvgIpc) is 3.37. The molecule has 3 N–H and O–H groups in total. The van der Waals surface area contributed by atoms with Crippen molar-refractivity contribution in [2.24, 2.45) is 17.1 Å². The Morgan fingerprint density at radius 3 is 2.62 bits per heavy atom. The second-order valence-corrected chi connectivity index (χ2v) is 7.89. The molecule has 1 aromatic rings. The lowest BCUT2D eigenvalue weighted by atomic mass is 10.0. The summed E-state index contributed by atoms with van der Waals surface area (Å²) in [7, 11) is -2.07. The molecule has 21 heavy (non-hydrogen) atoms. The van der Waals surface area contributed by atoms with Crippen molar-refractivity contribution in [2.45, 2.75) is 37.1 Å². The Hall–Kier alpha value is -1.11. The van der Waals surface area contributed by atoms with Crippen molar-refractivity contribution in [1.82, 2.24) is 4.72 Å².